The van der Waals surface area contributed by atoms with E-state index >= 15 is 0 Å². The van der Waals surface area contributed by atoms with Crippen LogP contribution in [0.1, 0.15) is 22.8 Å². The second-order valence-corrected chi connectivity index (χ2v) is 4.74. The van der Waals surface area contributed by atoms with Crippen molar-refractivity contribution in [3.63, 3.8) is 0 Å². The van der Waals surface area contributed by atoms with Gasteiger partial charge in [0.15, 0.2) is 0 Å². The molecule has 2 N–H and O–H groups in total. The van der Waals surface area contributed by atoms with Crippen LogP contribution in [-0.4, -0.2) is 11.8 Å². The summed E-state index contributed by atoms with van der Waals surface area (Å²) in [6, 6.07) is 13.6. The van der Waals surface area contributed by atoms with Crippen molar-refractivity contribution in [1.82, 2.24) is 5.32 Å². The summed E-state index contributed by atoms with van der Waals surface area (Å²) in [7, 11) is 0. The van der Waals surface area contributed by atoms with E-state index < -0.39 is 0 Å². The quantitative estimate of drug-likeness (QED) is 0.877. The molecular weight excluding hydrogens is 252 g/mol. The van der Waals surface area contributed by atoms with Crippen LogP contribution in [0.25, 0.3) is 11.1 Å². The maximum absolute atomic E-state index is 12.0. The number of anilines is 1. The Morgan fingerprint density at radius 3 is 2.60 bits per heavy atom. The largest absolute Gasteiger partial charge is 0.348 e. The highest BCUT2D eigenvalue weighted by Crippen LogP contribution is 2.33. The third-order valence-corrected chi connectivity index (χ3v) is 3.36. The van der Waals surface area contributed by atoms with E-state index in [9.17, 15) is 9.59 Å². The van der Waals surface area contributed by atoms with Crippen molar-refractivity contribution >= 4 is 17.5 Å². The van der Waals surface area contributed by atoms with Gasteiger partial charge in [0.05, 0.1) is 11.3 Å². The lowest BCUT2D eigenvalue weighted by Crippen LogP contribution is -2.15. The number of rotatable bonds is 2. The van der Waals surface area contributed by atoms with Crippen LogP contribution in [0.5, 0.6) is 0 Å². The molecule has 2 aromatic carbocycles. The fraction of sp³-hybridized carbons (Fsp3) is 0.125. The molecule has 0 unspecified atom stereocenters. The van der Waals surface area contributed by atoms with Crippen molar-refractivity contribution in [3.05, 3.63) is 53.6 Å². The van der Waals surface area contributed by atoms with E-state index in [2.05, 4.69) is 10.6 Å². The van der Waals surface area contributed by atoms with Gasteiger partial charge in [-0.1, -0.05) is 36.4 Å². The summed E-state index contributed by atoms with van der Waals surface area (Å²) in [6.45, 7) is 1.93. The van der Waals surface area contributed by atoms with Crippen LogP contribution in [0.3, 0.4) is 0 Å². The number of nitrogens with one attached hydrogen (secondary N) is 2. The van der Waals surface area contributed by atoms with Gasteiger partial charge in [-0.05, 0) is 22.8 Å². The molecular formula is C16H14N2O2. The third-order valence-electron chi connectivity index (χ3n) is 3.36. The molecule has 0 aromatic heterocycles. The van der Waals surface area contributed by atoms with Crippen molar-refractivity contribution in [3.8, 4) is 11.1 Å². The van der Waals surface area contributed by atoms with Crippen molar-refractivity contribution in [2.24, 2.45) is 0 Å². The molecule has 1 aliphatic rings. The second kappa shape index (κ2) is 4.81. The van der Waals surface area contributed by atoms with Gasteiger partial charge in [0.25, 0.3) is 5.91 Å². The summed E-state index contributed by atoms with van der Waals surface area (Å²) in [5, 5.41) is 5.53. The summed E-state index contributed by atoms with van der Waals surface area (Å²) in [5.41, 5.74) is 4.17. The first-order chi connectivity index (χ1) is 9.66. The Morgan fingerprint density at radius 2 is 1.90 bits per heavy atom. The molecule has 0 saturated carbocycles. The zero-order valence-corrected chi connectivity index (χ0v) is 11.1. The summed E-state index contributed by atoms with van der Waals surface area (Å²) < 4.78 is 0. The molecule has 100 valence electrons. The van der Waals surface area contributed by atoms with Gasteiger partial charge in [-0.3, -0.25) is 9.59 Å². The van der Waals surface area contributed by atoms with Crippen LogP contribution in [0.4, 0.5) is 5.69 Å². The lowest BCUT2D eigenvalue weighted by atomic mass is 9.95. The molecule has 3 rings (SSSR count). The van der Waals surface area contributed by atoms with Crippen LogP contribution in [0, 0.1) is 0 Å². The van der Waals surface area contributed by atoms with Gasteiger partial charge in [-0.25, -0.2) is 0 Å². The zero-order chi connectivity index (χ0) is 14.1. The molecule has 20 heavy (non-hydrogen) atoms. The van der Waals surface area contributed by atoms with Gasteiger partial charge in [0.2, 0.25) is 5.91 Å². The van der Waals surface area contributed by atoms with Crippen molar-refractivity contribution in [2.75, 3.05) is 5.32 Å². The maximum Gasteiger partial charge on any atom is 0.254 e. The molecule has 0 aliphatic carbocycles. The maximum atomic E-state index is 12.0. The second-order valence-electron chi connectivity index (χ2n) is 4.74. The highest BCUT2D eigenvalue weighted by atomic mass is 16.2. The number of hydrogen-bond acceptors (Lipinski definition) is 2. The molecule has 2 amide bonds. The predicted molar refractivity (Wildman–Crippen MR) is 77.4 cm³/mol. The summed E-state index contributed by atoms with van der Waals surface area (Å²) in [4.78, 5) is 23.2. The van der Waals surface area contributed by atoms with Gasteiger partial charge >= 0.3 is 0 Å². The van der Waals surface area contributed by atoms with Crippen LogP contribution < -0.4 is 10.6 Å². The van der Waals surface area contributed by atoms with E-state index in [1.54, 1.807) is 6.07 Å². The standard InChI is InChI=1S/C16H14N2O2/c1-10(19)18-14-8-7-12(11-5-3-2-4-6-11)13-9-17-16(20)15(13)14/h2-8H,9H2,1H3,(H,17,20)(H,18,19). The minimum absolute atomic E-state index is 0.137. The number of carbonyl (C=O) groups is 2. The van der Waals surface area contributed by atoms with Crippen molar-refractivity contribution in [1.29, 1.82) is 0 Å². The average molecular weight is 266 g/mol. The Labute approximate surface area is 116 Å². The molecule has 2 aromatic rings. The molecule has 0 radical (unpaired) electrons. The fourth-order valence-electron chi connectivity index (χ4n) is 2.53. The lowest BCUT2D eigenvalue weighted by molar-refractivity contribution is -0.114. The van der Waals surface area contributed by atoms with Crippen LogP contribution in [0.15, 0.2) is 42.5 Å². The lowest BCUT2D eigenvalue weighted by Gasteiger charge is -2.11. The van der Waals surface area contributed by atoms with Gasteiger partial charge in [0, 0.05) is 13.5 Å². The molecule has 0 saturated heterocycles. The first kappa shape index (κ1) is 12.4. The SMILES string of the molecule is CC(=O)Nc1ccc(-c2ccccc2)c2c1C(=O)NC2. The Hall–Kier alpha value is -2.62. The topological polar surface area (TPSA) is 58.2 Å². The molecule has 1 heterocycles. The Morgan fingerprint density at radius 1 is 1.15 bits per heavy atom. The number of carbonyl (C=O) groups excluding carboxylic acids is 2. The predicted octanol–water partition coefficient (Wildman–Crippen LogP) is 2.56. The zero-order valence-electron chi connectivity index (χ0n) is 11.1. The summed E-state index contributed by atoms with van der Waals surface area (Å²) in [5.74, 6) is -0.319. The number of amides is 2. The van der Waals surface area contributed by atoms with Crippen LogP contribution in [-0.2, 0) is 11.3 Å². The third kappa shape index (κ3) is 2.05. The monoisotopic (exact) mass is 266 g/mol. The van der Waals surface area contributed by atoms with Gasteiger partial charge < -0.3 is 10.6 Å². The Bertz CT molecular complexity index is 693. The molecule has 0 atom stereocenters. The smallest absolute Gasteiger partial charge is 0.254 e. The Balaban J connectivity index is 2.16. The van der Waals surface area contributed by atoms with Crippen molar-refractivity contribution in [2.45, 2.75) is 13.5 Å². The highest BCUT2D eigenvalue weighted by molar-refractivity contribution is 6.08. The van der Waals surface area contributed by atoms with Crippen LogP contribution >= 0.6 is 0 Å². The first-order valence-electron chi connectivity index (χ1n) is 6.44. The number of fused-ring (bicyclic) bond motifs is 1. The summed E-state index contributed by atoms with van der Waals surface area (Å²) >= 11 is 0. The van der Waals surface area contributed by atoms with E-state index in [0.29, 0.717) is 17.8 Å². The average Bonchev–Trinajstić information content (AvgIpc) is 2.82. The van der Waals surface area contributed by atoms with Crippen molar-refractivity contribution < 1.29 is 9.59 Å². The number of benzene rings is 2. The van der Waals surface area contributed by atoms with E-state index in [0.717, 1.165) is 16.7 Å². The molecule has 4 nitrogen and oxygen atoms in total. The fourth-order valence-corrected chi connectivity index (χ4v) is 2.53. The molecule has 0 fully saturated rings. The van der Waals surface area contributed by atoms with Crippen LogP contribution in [0.2, 0.25) is 0 Å². The molecule has 1 aliphatic heterocycles. The molecule has 0 bridgehead atoms. The number of hydrogen-bond donors (Lipinski definition) is 2. The first-order valence-corrected chi connectivity index (χ1v) is 6.44. The van der Waals surface area contributed by atoms with Gasteiger partial charge in [-0.15, -0.1) is 0 Å². The minimum Gasteiger partial charge on any atom is -0.348 e. The summed E-state index contributed by atoms with van der Waals surface area (Å²) in [6.07, 6.45) is 0. The molecule has 0 spiro atoms. The van der Waals surface area contributed by atoms with Gasteiger partial charge in [-0.2, -0.15) is 0 Å². The minimum atomic E-state index is -0.181. The highest BCUT2D eigenvalue weighted by Gasteiger charge is 2.26. The normalized spacial score (nSPS) is 12.8. The van der Waals surface area contributed by atoms with E-state index in [-0.39, 0.29) is 11.8 Å². The van der Waals surface area contributed by atoms with E-state index in [4.69, 9.17) is 0 Å². The van der Waals surface area contributed by atoms with Gasteiger partial charge in [0.1, 0.15) is 0 Å². The molecule has 4 heteroatoms. The van der Waals surface area contributed by atoms with E-state index in [1.165, 1.54) is 6.92 Å². The van der Waals surface area contributed by atoms with E-state index in [1.807, 2.05) is 36.4 Å². The Kier molecular flexibility index (Phi) is 2.99.